The highest BCUT2D eigenvalue weighted by molar-refractivity contribution is 5.92. The summed E-state index contributed by atoms with van der Waals surface area (Å²) >= 11 is 0. The van der Waals surface area contributed by atoms with E-state index in [9.17, 15) is 4.79 Å². The molecule has 0 aromatic heterocycles. The van der Waals surface area contributed by atoms with E-state index in [1.54, 1.807) is 7.11 Å². The molecule has 1 atom stereocenters. The van der Waals surface area contributed by atoms with Crippen LogP contribution in [0.5, 0.6) is 5.75 Å². The molecule has 1 amide bonds. The van der Waals surface area contributed by atoms with Crippen LogP contribution in [0.4, 0.5) is 5.69 Å². The number of nitrogens with one attached hydrogen (secondary N) is 2. The Balaban J connectivity index is 1.76. The van der Waals surface area contributed by atoms with Gasteiger partial charge in [0.05, 0.1) is 13.7 Å². The lowest BCUT2D eigenvalue weighted by Gasteiger charge is -2.35. The highest BCUT2D eigenvalue weighted by atomic mass is 16.5. The Labute approximate surface area is 127 Å². The number of carbonyl (C=O) groups excluding carboxylic acids is 1. The van der Waals surface area contributed by atoms with Crippen molar-refractivity contribution >= 4 is 11.6 Å². The van der Waals surface area contributed by atoms with Gasteiger partial charge in [-0.05, 0) is 48.9 Å². The maximum Gasteiger partial charge on any atom is 0.238 e. The monoisotopic (exact) mass is 290 g/mol. The van der Waals surface area contributed by atoms with Crippen molar-refractivity contribution in [3.05, 3.63) is 24.3 Å². The van der Waals surface area contributed by atoms with Gasteiger partial charge in [0.2, 0.25) is 5.91 Å². The van der Waals surface area contributed by atoms with Crippen LogP contribution in [0.1, 0.15) is 39.5 Å². The number of hydrogen-bond acceptors (Lipinski definition) is 3. The van der Waals surface area contributed by atoms with Gasteiger partial charge in [0.1, 0.15) is 5.75 Å². The molecule has 1 unspecified atom stereocenters. The van der Waals surface area contributed by atoms with Crippen LogP contribution in [0.25, 0.3) is 0 Å². The summed E-state index contributed by atoms with van der Waals surface area (Å²) in [5, 5.41) is 6.28. The third kappa shape index (κ3) is 5.05. The van der Waals surface area contributed by atoms with Crippen LogP contribution < -0.4 is 15.4 Å². The summed E-state index contributed by atoms with van der Waals surface area (Å²) in [7, 11) is 1.63. The van der Waals surface area contributed by atoms with Gasteiger partial charge >= 0.3 is 0 Å². The maximum atomic E-state index is 12.0. The average molecular weight is 290 g/mol. The van der Waals surface area contributed by atoms with Crippen LogP contribution in [0, 0.1) is 5.41 Å². The van der Waals surface area contributed by atoms with Crippen molar-refractivity contribution in [2.75, 3.05) is 19.0 Å². The van der Waals surface area contributed by atoms with E-state index in [0.717, 1.165) is 17.9 Å². The molecule has 0 radical (unpaired) electrons. The predicted molar refractivity (Wildman–Crippen MR) is 85.7 cm³/mol. The van der Waals surface area contributed by atoms with Crippen LogP contribution in [0.15, 0.2) is 24.3 Å². The molecule has 0 bridgehead atoms. The summed E-state index contributed by atoms with van der Waals surface area (Å²) in [6.45, 7) is 4.98. The fraction of sp³-hybridized carbons (Fsp3) is 0.588. The number of amides is 1. The molecule has 4 nitrogen and oxygen atoms in total. The van der Waals surface area contributed by atoms with E-state index in [2.05, 4.69) is 24.5 Å². The van der Waals surface area contributed by atoms with Gasteiger partial charge in [0, 0.05) is 11.7 Å². The normalized spacial score (nSPS) is 20.8. The Hall–Kier alpha value is -1.55. The third-order valence-electron chi connectivity index (χ3n) is 4.13. The predicted octanol–water partition coefficient (Wildman–Crippen LogP) is 3.19. The van der Waals surface area contributed by atoms with E-state index < -0.39 is 0 Å². The topological polar surface area (TPSA) is 50.4 Å². The number of anilines is 1. The largest absolute Gasteiger partial charge is 0.497 e. The average Bonchev–Trinajstić information content (AvgIpc) is 2.45. The molecule has 116 valence electrons. The van der Waals surface area contributed by atoms with Crippen LogP contribution >= 0.6 is 0 Å². The summed E-state index contributed by atoms with van der Waals surface area (Å²) in [5.74, 6) is 0.791. The third-order valence-corrected chi connectivity index (χ3v) is 4.13. The molecule has 2 rings (SSSR count). The number of carbonyl (C=O) groups is 1. The molecular weight excluding hydrogens is 264 g/mol. The summed E-state index contributed by atoms with van der Waals surface area (Å²) in [6, 6.07) is 7.83. The van der Waals surface area contributed by atoms with Gasteiger partial charge in [0.25, 0.3) is 0 Å². The fourth-order valence-electron chi connectivity index (χ4n) is 2.99. The van der Waals surface area contributed by atoms with E-state index in [4.69, 9.17) is 4.74 Å². The molecular formula is C17H26N2O2. The van der Waals surface area contributed by atoms with Gasteiger partial charge < -0.3 is 15.4 Å². The highest BCUT2D eigenvalue weighted by Gasteiger charge is 2.27. The Morgan fingerprint density at radius 1 is 1.33 bits per heavy atom. The molecule has 1 saturated carbocycles. The molecule has 0 heterocycles. The second-order valence-corrected chi connectivity index (χ2v) is 6.62. The lowest BCUT2D eigenvalue weighted by Crippen LogP contribution is -2.41. The Morgan fingerprint density at radius 3 is 2.67 bits per heavy atom. The number of hydrogen-bond donors (Lipinski definition) is 2. The standard InChI is InChI=1S/C17H26N2O2/c1-17(2)10-4-5-14(11-17)18-12-16(20)19-13-6-8-15(21-3)9-7-13/h6-9,14,18H,4-5,10-12H2,1-3H3,(H,19,20). The van der Waals surface area contributed by atoms with Crippen LogP contribution in [-0.4, -0.2) is 25.6 Å². The minimum absolute atomic E-state index is 0.00328. The zero-order chi connectivity index (χ0) is 15.3. The lowest BCUT2D eigenvalue weighted by molar-refractivity contribution is -0.115. The van der Waals surface area contributed by atoms with Gasteiger partial charge in [-0.15, -0.1) is 0 Å². The zero-order valence-electron chi connectivity index (χ0n) is 13.2. The molecule has 2 N–H and O–H groups in total. The van der Waals surface area contributed by atoms with Gasteiger partial charge in [-0.25, -0.2) is 0 Å². The van der Waals surface area contributed by atoms with E-state index >= 15 is 0 Å². The number of rotatable bonds is 5. The Morgan fingerprint density at radius 2 is 2.05 bits per heavy atom. The Bertz CT molecular complexity index is 468. The van der Waals surface area contributed by atoms with E-state index in [0.29, 0.717) is 18.0 Å². The SMILES string of the molecule is COc1ccc(NC(=O)CNC2CCCC(C)(C)C2)cc1. The molecule has 0 saturated heterocycles. The minimum Gasteiger partial charge on any atom is -0.497 e. The van der Waals surface area contributed by atoms with E-state index in [1.165, 1.54) is 19.3 Å². The smallest absolute Gasteiger partial charge is 0.238 e. The van der Waals surface area contributed by atoms with Crippen LogP contribution in [0.3, 0.4) is 0 Å². The molecule has 1 aliphatic rings. The summed E-state index contributed by atoms with van der Waals surface area (Å²) in [6.07, 6.45) is 4.83. The van der Waals surface area contributed by atoms with Crippen molar-refractivity contribution < 1.29 is 9.53 Å². The summed E-state index contributed by atoms with van der Waals surface area (Å²) in [5.41, 5.74) is 1.19. The summed E-state index contributed by atoms with van der Waals surface area (Å²) in [4.78, 5) is 12.0. The van der Waals surface area contributed by atoms with Crippen LogP contribution in [0.2, 0.25) is 0 Å². The zero-order valence-corrected chi connectivity index (χ0v) is 13.2. The molecule has 1 aromatic carbocycles. The molecule has 0 aliphatic heterocycles. The summed E-state index contributed by atoms with van der Waals surface area (Å²) < 4.78 is 5.10. The first kappa shape index (κ1) is 15.8. The Kier molecular flexibility index (Phi) is 5.23. The van der Waals surface area contributed by atoms with Gasteiger partial charge in [-0.2, -0.15) is 0 Å². The van der Waals surface area contributed by atoms with Gasteiger partial charge in [0.15, 0.2) is 0 Å². The van der Waals surface area contributed by atoms with Gasteiger partial charge in [-0.1, -0.05) is 20.3 Å². The molecule has 21 heavy (non-hydrogen) atoms. The second kappa shape index (κ2) is 6.94. The molecule has 0 spiro atoms. The minimum atomic E-state index is 0.00328. The van der Waals surface area contributed by atoms with E-state index in [-0.39, 0.29) is 5.91 Å². The molecule has 1 fully saturated rings. The number of benzene rings is 1. The van der Waals surface area contributed by atoms with Crippen molar-refractivity contribution in [2.24, 2.45) is 5.41 Å². The van der Waals surface area contributed by atoms with Crippen molar-refractivity contribution in [3.8, 4) is 5.75 Å². The van der Waals surface area contributed by atoms with Crippen molar-refractivity contribution in [1.29, 1.82) is 0 Å². The number of methoxy groups -OCH3 is 1. The maximum absolute atomic E-state index is 12.0. The van der Waals surface area contributed by atoms with Gasteiger partial charge in [-0.3, -0.25) is 4.79 Å². The van der Waals surface area contributed by atoms with Crippen molar-refractivity contribution in [1.82, 2.24) is 5.32 Å². The highest BCUT2D eigenvalue weighted by Crippen LogP contribution is 2.34. The van der Waals surface area contributed by atoms with Crippen LogP contribution in [-0.2, 0) is 4.79 Å². The quantitative estimate of drug-likeness (QED) is 0.875. The van der Waals surface area contributed by atoms with E-state index in [1.807, 2.05) is 24.3 Å². The van der Waals surface area contributed by atoms with Crippen molar-refractivity contribution in [2.45, 2.75) is 45.6 Å². The molecule has 4 heteroatoms. The first-order valence-corrected chi connectivity index (χ1v) is 7.66. The van der Waals surface area contributed by atoms with Crippen molar-refractivity contribution in [3.63, 3.8) is 0 Å². The lowest BCUT2D eigenvalue weighted by atomic mass is 9.75. The second-order valence-electron chi connectivity index (χ2n) is 6.62. The molecule has 1 aliphatic carbocycles. The first-order chi connectivity index (χ1) is 9.98. The number of ether oxygens (including phenoxy) is 1. The fourth-order valence-corrected chi connectivity index (χ4v) is 2.99. The first-order valence-electron chi connectivity index (χ1n) is 7.66. The molecule has 1 aromatic rings.